The van der Waals surface area contributed by atoms with Crippen LogP contribution in [-0.2, 0) is 23.8 Å². The molecule has 0 radical (unpaired) electrons. The summed E-state index contributed by atoms with van der Waals surface area (Å²) >= 11 is 0. The molecule has 2 aliphatic heterocycles. The molecule has 7 heteroatoms. The Morgan fingerprint density at radius 1 is 1.10 bits per heavy atom. The van der Waals surface area contributed by atoms with Crippen molar-refractivity contribution in [1.29, 1.82) is 0 Å². The van der Waals surface area contributed by atoms with Gasteiger partial charge in [0.15, 0.2) is 11.5 Å². The molecule has 0 aromatic heterocycles. The van der Waals surface area contributed by atoms with E-state index in [1.165, 1.54) is 7.11 Å². The molecule has 0 saturated heterocycles. The van der Waals surface area contributed by atoms with E-state index in [2.05, 4.69) is 13.8 Å². The highest BCUT2D eigenvalue weighted by atomic mass is 16.5. The average molecular weight is 427 g/mol. The van der Waals surface area contributed by atoms with Gasteiger partial charge in [-0.3, -0.25) is 9.59 Å². The van der Waals surface area contributed by atoms with Crippen molar-refractivity contribution in [2.24, 2.45) is 17.8 Å². The van der Waals surface area contributed by atoms with E-state index in [4.69, 9.17) is 14.2 Å². The van der Waals surface area contributed by atoms with Gasteiger partial charge >= 0.3 is 5.97 Å². The van der Waals surface area contributed by atoms with Crippen molar-refractivity contribution >= 4 is 17.7 Å². The average Bonchev–Trinajstić information content (AvgIpc) is 3.05. The van der Waals surface area contributed by atoms with Crippen LogP contribution in [0.4, 0.5) is 0 Å². The number of nitrogens with zero attached hydrogens (tertiary/aromatic N) is 1. The molecular weight excluding hydrogens is 398 g/mol. The molecule has 5 unspecified atom stereocenters. The first-order chi connectivity index (χ1) is 14.9. The summed E-state index contributed by atoms with van der Waals surface area (Å²) in [5, 5.41) is 0. The van der Waals surface area contributed by atoms with Gasteiger partial charge in [0.1, 0.15) is 6.10 Å². The smallest absolute Gasteiger partial charge is 0.337 e. The predicted molar refractivity (Wildman–Crippen MR) is 112 cm³/mol. The van der Waals surface area contributed by atoms with E-state index in [0.29, 0.717) is 36.1 Å². The number of carbonyl (C=O) groups excluding carboxylic acids is 3. The molecule has 0 spiro atoms. The van der Waals surface area contributed by atoms with Crippen LogP contribution in [0.15, 0.2) is 35.6 Å². The van der Waals surface area contributed by atoms with Crippen molar-refractivity contribution in [3.8, 4) is 0 Å². The number of fused-ring (bicyclic) bond motifs is 1. The molecule has 1 saturated carbocycles. The van der Waals surface area contributed by atoms with Gasteiger partial charge < -0.3 is 19.1 Å². The molecule has 3 aliphatic rings. The van der Waals surface area contributed by atoms with Gasteiger partial charge in [-0.2, -0.15) is 0 Å². The van der Waals surface area contributed by atoms with E-state index < -0.39 is 12.0 Å². The van der Waals surface area contributed by atoms with E-state index in [1.54, 1.807) is 36.3 Å². The second kappa shape index (κ2) is 8.46. The summed E-state index contributed by atoms with van der Waals surface area (Å²) in [6.45, 7) is 5.03. The van der Waals surface area contributed by atoms with E-state index in [1.807, 2.05) is 0 Å². The lowest BCUT2D eigenvalue weighted by molar-refractivity contribution is -0.137. The number of esters is 1. The Hall–Kier alpha value is -2.67. The zero-order valence-electron chi connectivity index (χ0n) is 18.4. The molecule has 1 aromatic rings. The molecule has 0 N–H and O–H groups in total. The molecule has 2 heterocycles. The number of hydrogen-bond acceptors (Lipinski definition) is 6. The molecule has 5 atom stereocenters. The van der Waals surface area contributed by atoms with Crippen LogP contribution in [0.25, 0.3) is 0 Å². The largest absolute Gasteiger partial charge is 0.483 e. The van der Waals surface area contributed by atoms with E-state index in [0.717, 1.165) is 18.4 Å². The van der Waals surface area contributed by atoms with Crippen molar-refractivity contribution in [3.05, 3.63) is 46.7 Å². The van der Waals surface area contributed by atoms with Crippen molar-refractivity contribution < 1.29 is 28.6 Å². The SMILES string of the molecule is COCCN1C(=O)C2=C(C(=O)C3CC(C)C(C)CC3O2)C1c1ccc(C(=O)OC)cc1. The maximum absolute atomic E-state index is 13.6. The van der Waals surface area contributed by atoms with E-state index in [-0.39, 0.29) is 29.5 Å². The van der Waals surface area contributed by atoms with Crippen LogP contribution >= 0.6 is 0 Å². The van der Waals surface area contributed by atoms with E-state index >= 15 is 0 Å². The van der Waals surface area contributed by atoms with Crippen LogP contribution in [0.5, 0.6) is 0 Å². The Kier molecular flexibility index (Phi) is 5.88. The highest BCUT2D eigenvalue weighted by Crippen LogP contribution is 2.48. The van der Waals surface area contributed by atoms with Crippen molar-refractivity contribution in [3.63, 3.8) is 0 Å². The molecule has 166 valence electrons. The lowest BCUT2D eigenvalue weighted by Crippen LogP contribution is -2.43. The summed E-state index contributed by atoms with van der Waals surface area (Å²) in [6.07, 6.45) is 1.30. The molecule has 1 aromatic carbocycles. The summed E-state index contributed by atoms with van der Waals surface area (Å²) in [6, 6.07) is 6.29. The third-order valence-corrected chi connectivity index (χ3v) is 6.99. The Morgan fingerprint density at radius 2 is 1.77 bits per heavy atom. The number of Topliss-reactive ketones (excluding diaryl/α,β-unsaturated/α-hetero) is 1. The Balaban J connectivity index is 1.73. The molecule has 1 fully saturated rings. The van der Waals surface area contributed by atoms with Crippen LogP contribution in [0.1, 0.15) is 48.7 Å². The Morgan fingerprint density at radius 3 is 2.42 bits per heavy atom. The minimum atomic E-state index is -0.549. The monoisotopic (exact) mass is 427 g/mol. The standard InChI is InChI=1S/C24H29NO6/c1-13-11-17-18(12-14(13)2)31-22-19(21(17)26)20(25(23(22)27)9-10-29-3)15-5-7-16(8-6-15)24(28)30-4/h5-8,13-14,17-18,20H,9-12H2,1-4H3. The van der Waals surface area contributed by atoms with Crippen LogP contribution in [0, 0.1) is 17.8 Å². The summed E-state index contributed by atoms with van der Waals surface area (Å²) < 4.78 is 16.2. The minimum absolute atomic E-state index is 0.0142. The van der Waals surface area contributed by atoms with Gasteiger partial charge in [-0.05, 0) is 42.4 Å². The third-order valence-electron chi connectivity index (χ3n) is 6.99. The van der Waals surface area contributed by atoms with E-state index in [9.17, 15) is 14.4 Å². The lowest BCUT2D eigenvalue weighted by atomic mass is 9.70. The van der Waals surface area contributed by atoms with Gasteiger partial charge in [-0.25, -0.2) is 4.79 Å². The number of carbonyl (C=O) groups is 3. The van der Waals surface area contributed by atoms with Gasteiger partial charge in [-0.1, -0.05) is 26.0 Å². The van der Waals surface area contributed by atoms with Crippen LogP contribution in [0.3, 0.4) is 0 Å². The Labute approximate surface area is 182 Å². The van der Waals surface area contributed by atoms with Gasteiger partial charge in [0.05, 0.1) is 36.8 Å². The second-order valence-electron chi connectivity index (χ2n) is 8.80. The number of ether oxygens (including phenoxy) is 3. The summed E-state index contributed by atoms with van der Waals surface area (Å²) in [7, 11) is 2.91. The summed E-state index contributed by atoms with van der Waals surface area (Å²) in [4.78, 5) is 40.4. The van der Waals surface area contributed by atoms with Gasteiger partial charge in [-0.15, -0.1) is 0 Å². The fraction of sp³-hybridized carbons (Fsp3) is 0.542. The van der Waals surface area contributed by atoms with Crippen LogP contribution in [-0.4, -0.2) is 56.0 Å². The van der Waals surface area contributed by atoms with Crippen molar-refractivity contribution in [1.82, 2.24) is 4.90 Å². The molecule has 31 heavy (non-hydrogen) atoms. The minimum Gasteiger partial charge on any atom is -0.483 e. The molecule has 7 nitrogen and oxygen atoms in total. The predicted octanol–water partition coefficient (Wildman–Crippen LogP) is 2.91. The first-order valence-electron chi connectivity index (χ1n) is 10.8. The number of ketones is 1. The van der Waals surface area contributed by atoms with Crippen molar-refractivity contribution in [2.75, 3.05) is 27.4 Å². The zero-order valence-corrected chi connectivity index (χ0v) is 18.4. The fourth-order valence-electron chi connectivity index (χ4n) is 4.99. The zero-order chi connectivity index (χ0) is 22.3. The number of methoxy groups -OCH3 is 2. The normalized spacial score (nSPS) is 30.1. The maximum Gasteiger partial charge on any atom is 0.337 e. The molecule has 1 amide bonds. The van der Waals surface area contributed by atoms with Gasteiger partial charge in [0.25, 0.3) is 5.91 Å². The molecule has 4 rings (SSSR count). The summed E-state index contributed by atoms with van der Waals surface area (Å²) in [5.41, 5.74) is 1.61. The van der Waals surface area contributed by atoms with Crippen molar-refractivity contribution in [2.45, 2.75) is 38.8 Å². The molecule has 0 bridgehead atoms. The number of benzene rings is 1. The topological polar surface area (TPSA) is 82.1 Å². The van der Waals surface area contributed by atoms with Crippen LogP contribution < -0.4 is 0 Å². The molecular formula is C24H29NO6. The quantitative estimate of drug-likeness (QED) is 0.672. The maximum atomic E-state index is 13.6. The van der Waals surface area contributed by atoms with Crippen LogP contribution in [0.2, 0.25) is 0 Å². The summed E-state index contributed by atoms with van der Waals surface area (Å²) in [5.74, 6) is 0.139. The number of hydrogen-bond donors (Lipinski definition) is 0. The number of amides is 1. The molecule has 1 aliphatic carbocycles. The highest BCUT2D eigenvalue weighted by Gasteiger charge is 2.53. The fourth-order valence-corrected chi connectivity index (χ4v) is 4.99. The third kappa shape index (κ3) is 3.65. The second-order valence-corrected chi connectivity index (χ2v) is 8.80. The Bertz CT molecular complexity index is 921. The van der Waals surface area contributed by atoms with Gasteiger partial charge in [0.2, 0.25) is 0 Å². The highest BCUT2D eigenvalue weighted by molar-refractivity contribution is 6.11. The first kappa shape index (κ1) is 21.6. The lowest BCUT2D eigenvalue weighted by Gasteiger charge is -2.40. The van der Waals surface area contributed by atoms with Gasteiger partial charge in [0, 0.05) is 13.7 Å². The first-order valence-corrected chi connectivity index (χ1v) is 10.8. The number of rotatable bonds is 5.